The van der Waals surface area contributed by atoms with E-state index in [1.54, 1.807) is 42.5 Å². The predicted octanol–water partition coefficient (Wildman–Crippen LogP) is 1.45. The highest BCUT2D eigenvalue weighted by Gasteiger charge is 2.19. The van der Waals surface area contributed by atoms with Gasteiger partial charge >= 0.3 is 0 Å². The number of benzene rings is 2. The van der Waals surface area contributed by atoms with E-state index < -0.39 is 11.8 Å². The van der Waals surface area contributed by atoms with Crippen LogP contribution in [0, 0.1) is 0 Å². The van der Waals surface area contributed by atoms with Crippen LogP contribution in [0.5, 0.6) is 0 Å². The number of likely N-dealkylation sites (tertiary alicyclic amines) is 1. The van der Waals surface area contributed by atoms with Gasteiger partial charge in [0.05, 0.1) is 17.0 Å². The molecule has 10 nitrogen and oxygen atoms in total. The summed E-state index contributed by atoms with van der Waals surface area (Å²) in [5.41, 5.74) is 6.31. The number of nitrogens with zero attached hydrogens (tertiary/aromatic N) is 5. The van der Waals surface area contributed by atoms with Crippen LogP contribution in [0.3, 0.4) is 0 Å². The second-order valence-electron chi connectivity index (χ2n) is 7.08. The zero-order valence-corrected chi connectivity index (χ0v) is 17.9. The van der Waals surface area contributed by atoms with Crippen molar-refractivity contribution in [2.24, 2.45) is 0 Å². The third kappa shape index (κ3) is 5.11. The molecule has 3 amide bonds. The van der Waals surface area contributed by atoms with Gasteiger partial charge in [0.1, 0.15) is 6.33 Å². The molecule has 0 aliphatic carbocycles. The number of nitrogens with one attached hydrogen (secondary N) is 2. The summed E-state index contributed by atoms with van der Waals surface area (Å²) in [6, 6.07) is 13.6. The summed E-state index contributed by atoms with van der Waals surface area (Å²) >= 11 is 1.32. The van der Waals surface area contributed by atoms with Crippen LogP contribution in [-0.2, 0) is 4.79 Å². The van der Waals surface area contributed by atoms with E-state index in [4.69, 9.17) is 0 Å². The Morgan fingerprint density at radius 2 is 1.66 bits per heavy atom. The number of carbonyl (C=O) groups excluding carboxylic acids is 3. The minimum atomic E-state index is -0.462. The third-order valence-electron chi connectivity index (χ3n) is 4.97. The van der Waals surface area contributed by atoms with Gasteiger partial charge in [-0.15, -0.1) is 16.9 Å². The van der Waals surface area contributed by atoms with E-state index in [2.05, 4.69) is 26.4 Å². The molecule has 0 unspecified atom stereocenters. The van der Waals surface area contributed by atoms with Crippen LogP contribution in [0.25, 0.3) is 5.69 Å². The fourth-order valence-electron chi connectivity index (χ4n) is 3.28. The van der Waals surface area contributed by atoms with E-state index in [1.165, 1.54) is 22.8 Å². The number of hydrazine groups is 1. The Labute approximate surface area is 188 Å². The molecule has 32 heavy (non-hydrogen) atoms. The van der Waals surface area contributed by atoms with Crippen molar-refractivity contribution in [3.63, 3.8) is 0 Å². The number of amides is 3. The lowest BCUT2D eigenvalue weighted by molar-refractivity contribution is -0.127. The predicted molar refractivity (Wildman–Crippen MR) is 117 cm³/mol. The van der Waals surface area contributed by atoms with Crippen LogP contribution >= 0.6 is 11.8 Å². The summed E-state index contributed by atoms with van der Waals surface area (Å²) in [6.45, 7) is 1.59. The molecule has 1 fully saturated rings. The quantitative estimate of drug-likeness (QED) is 0.430. The molecule has 2 N–H and O–H groups in total. The standard InChI is InChI=1S/C21H21N7O3S/c29-19(27-11-3-4-12-27)13-32-18-6-2-1-5-17(18)21(31)24-23-20(30)15-7-9-16(10-8-15)28-14-22-25-26-28/h1-2,5-10,14H,3-4,11-13H2,(H,23,30)(H,24,31). The molecule has 0 spiro atoms. The Balaban J connectivity index is 1.33. The van der Waals surface area contributed by atoms with Crippen LogP contribution in [0.4, 0.5) is 0 Å². The molecule has 0 saturated carbocycles. The van der Waals surface area contributed by atoms with Gasteiger partial charge in [-0.3, -0.25) is 25.2 Å². The topological polar surface area (TPSA) is 122 Å². The maximum absolute atomic E-state index is 12.7. The molecule has 0 atom stereocenters. The molecular formula is C21H21N7O3S. The average Bonchev–Trinajstić information content (AvgIpc) is 3.56. The van der Waals surface area contributed by atoms with Crippen LogP contribution in [-0.4, -0.2) is 61.7 Å². The van der Waals surface area contributed by atoms with E-state index in [0.29, 0.717) is 21.7 Å². The van der Waals surface area contributed by atoms with Gasteiger partial charge in [-0.25, -0.2) is 4.68 Å². The fourth-order valence-corrected chi connectivity index (χ4v) is 4.23. The number of tetrazole rings is 1. The number of hydrogen-bond donors (Lipinski definition) is 2. The zero-order chi connectivity index (χ0) is 22.3. The van der Waals surface area contributed by atoms with E-state index in [0.717, 1.165) is 25.9 Å². The summed E-state index contributed by atoms with van der Waals surface area (Å²) < 4.78 is 1.46. The number of hydrogen-bond acceptors (Lipinski definition) is 7. The zero-order valence-electron chi connectivity index (χ0n) is 17.1. The SMILES string of the molecule is O=C(NNC(=O)c1ccccc1SCC(=O)N1CCCC1)c1ccc(-n2cnnn2)cc1. The van der Waals surface area contributed by atoms with Gasteiger partial charge < -0.3 is 4.90 Å². The molecule has 3 aromatic rings. The first kappa shape index (κ1) is 21.5. The number of carbonyl (C=O) groups is 3. The lowest BCUT2D eigenvalue weighted by atomic mass is 10.2. The van der Waals surface area contributed by atoms with Gasteiger partial charge in [0.15, 0.2) is 0 Å². The molecule has 2 aromatic carbocycles. The summed E-state index contributed by atoms with van der Waals surface area (Å²) in [4.78, 5) is 39.9. The van der Waals surface area contributed by atoms with E-state index in [1.807, 2.05) is 11.0 Å². The van der Waals surface area contributed by atoms with Crippen molar-refractivity contribution >= 4 is 29.5 Å². The highest BCUT2D eigenvalue weighted by Crippen LogP contribution is 2.23. The highest BCUT2D eigenvalue weighted by atomic mass is 32.2. The van der Waals surface area contributed by atoms with E-state index >= 15 is 0 Å². The van der Waals surface area contributed by atoms with Crippen LogP contribution in [0.1, 0.15) is 33.6 Å². The van der Waals surface area contributed by atoms with Crippen molar-refractivity contribution in [2.75, 3.05) is 18.8 Å². The van der Waals surface area contributed by atoms with Gasteiger partial charge in [-0.05, 0) is 59.7 Å². The largest absolute Gasteiger partial charge is 0.342 e. The molecule has 11 heteroatoms. The molecule has 164 valence electrons. The third-order valence-corrected chi connectivity index (χ3v) is 6.03. The first-order valence-corrected chi connectivity index (χ1v) is 11.0. The Morgan fingerprint density at radius 3 is 2.38 bits per heavy atom. The minimum absolute atomic E-state index is 0.0705. The molecule has 0 bridgehead atoms. The molecule has 1 saturated heterocycles. The first-order chi connectivity index (χ1) is 15.6. The number of aromatic nitrogens is 4. The highest BCUT2D eigenvalue weighted by molar-refractivity contribution is 8.00. The molecule has 0 radical (unpaired) electrons. The Bertz CT molecular complexity index is 1100. The number of thioether (sulfide) groups is 1. The van der Waals surface area contributed by atoms with Crippen LogP contribution in [0.15, 0.2) is 59.8 Å². The molecule has 2 heterocycles. The van der Waals surface area contributed by atoms with Crippen molar-refractivity contribution in [3.8, 4) is 5.69 Å². The van der Waals surface area contributed by atoms with Crippen LogP contribution in [0.2, 0.25) is 0 Å². The van der Waals surface area contributed by atoms with Crippen molar-refractivity contribution < 1.29 is 14.4 Å². The van der Waals surface area contributed by atoms with Gasteiger partial charge in [0, 0.05) is 23.5 Å². The monoisotopic (exact) mass is 451 g/mol. The lowest BCUT2D eigenvalue weighted by Gasteiger charge is -2.15. The Hall–Kier alpha value is -3.73. The summed E-state index contributed by atoms with van der Waals surface area (Å²) in [6.07, 6.45) is 3.52. The van der Waals surface area contributed by atoms with Gasteiger partial charge in [0.2, 0.25) is 5.91 Å². The summed E-state index contributed by atoms with van der Waals surface area (Å²) in [5.74, 6) is -0.581. The molecule has 1 aliphatic rings. The van der Waals surface area contributed by atoms with Gasteiger partial charge in [-0.2, -0.15) is 0 Å². The molecule has 4 rings (SSSR count). The van der Waals surface area contributed by atoms with Crippen molar-refractivity contribution in [1.29, 1.82) is 0 Å². The molecular weight excluding hydrogens is 430 g/mol. The van der Waals surface area contributed by atoms with Gasteiger partial charge in [0.25, 0.3) is 11.8 Å². The first-order valence-electron chi connectivity index (χ1n) is 10.1. The number of rotatable bonds is 6. The molecule has 1 aromatic heterocycles. The lowest BCUT2D eigenvalue weighted by Crippen LogP contribution is -2.41. The van der Waals surface area contributed by atoms with E-state index in [9.17, 15) is 14.4 Å². The van der Waals surface area contributed by atoms with Gasteiger partial charge in [-0.1, -0.05) is 12.1 Å². The van der Waals surface area contributed by atoms with Crippen molar-refractivity contribution in [2.45, 2.75) is 17.7 Å². The maximum Gasteiger partial charge on any atom is 0.270 e. The fraction of sp³-hybridized carbons (Fsp3) is 0.238. The Morgan fingerprint density at radius 1 is 0.938 bits per heavy atom. The van der Waals surface area contributed by atoms with Crippen molar-refractivity contribution in [3.05, 3.63) is 66.0 Å². The smallest absolute Gasteiger partial charge is 0.270 e. The minimum Gasteiger partial charge on any atom is -0.342 e. The summed E-state index contributed by atoms with van der Waals surface area (Å²) in [5, 5.41) is 10.9. The molecule has 1 aliphatic heterocycles. The van der Waals surface area contributed by atoms with Crippen LogP contribution < -0.4 is 10.9 Å². The maximum atomic E-state index is 12.7. The Kier molecular flexibility index (Phi) is 6.75. The van der Waals surface area contributed by atoms with Crippen molar-refractivity contribution in [1.82, 2.24) is 36.0 Å². The summed E-state index contributed by atoms with van der Waals surface area (Å²) in [7, 11) is 0. The average molecular weight is 452 g/mol. The second kappa shape index (κ2) is 10.1. The second-order valence-corrected chi connectivity index (χ2v) is 8.10. The van der Waals surface area contributed by atoms with E-state index in [-0.39, 0.29) is 11.7 Å². The normalized spacial score (nSPS) is 13.1.